The van der Waals surface area contributed by atoms with Crippen molar-refractivity contribution in [1.29, 1.82) is 0 Å². The number of aliphatic hydroxyl groups excluding tert-OH is 1. The summed E-state index contributed by atoms with van der Waals surface area (Å²) in [4.78, 5) is 4.32. The average Bonchev–Trinajstić information content (AvgIpc) is 2.30. The Kier molecular flexibility index (Phi) is 3.37. The third-order valence-electron chi connectivity index (χ3n) is 2.55. The van der Waals surface area contributed by atoms with Crippen LogP contribution in [0.1, 0.15) is 12.0 Å². The van der Waals surface area contributed by atoms with Crippen LogP contribution in [0.4, 0.5) is 5.69 Å². The lowest BCUT2D eigenvalue weighted by molar-refractivity contribution is 0.292. The van der Waals surface area contributed by atoms with Gasteiger partial charge in [0.25, 0.3) is 0 Å². The normalized spacial score (nSPS) is 10.6. The SMILES string of the molecule is Cc1ccc2nccc(NCCCO)c2c1. The molecule has 0 unspecified atom stereocenters. The van der Waals surface area contributed by atoms with Crippen molar-refractivity contribution in [2.45, 2.75) is 13.3 Å². The van der Waals surface area contributed by atoms with E-state index in [2.05, 4.69) is 29.4 Å². The average molecular weight is 216 g/mol. The summed E-state index contributed by atoms with van der Waals surface area (Å²) in [6.07, 6.45) is 2.56. The quantitative estimate of drug-likeness (QED) is 0.771. The lowest BCUT2D eigenvalue weighted by Gasteiger charge is -2.09. The van der Waals surface area contributed by atoms with Crippen LogP contribution in [0.25, 0.3) is 10.9 Å². The molecule has 2 aromatic rings. The minimum atomic E-state index is 0.217. The summed E-state index contributed by atoms with van der Waals surface area (Å²) in [6, 6.07) is 8.19. The maximum absolute atomic E-state index is 8.75. The van der Waals surface area contributed by atoms with Crippen LogP contribution < -0.4 is 5.32 Å². The van der Waals surface area contributed by atoms with Crippen LogP contribution >= 0.6 is 0 Å². The Morgan fingerprint density at radius 1 is 1.31 bits per heavy atom. The van der Waals surface area contributed by atoms with Crippen LogP contribution in [-0.4, -0.2) is 23.2 Å². The Morgan fingerprint density at radius 3 is 3.00 bits per heavy atom. The second-order valence-corrected chi connectivity index (χ2v) is 3.88. The fraction of sp³-hybridized carbons (Fsp3) is 0.308. The lowest BCUT2D eigenvalue weighted by Crippen LogP contribution is -2.04. The molecule has 2 rings (SSSR count). The van der Waals surface area contributed by atoms with E-state index in [4.69, 9.17) is 5.11 Å². The molecule has 0 saturated heterocycles. The highest BCUT2D eigenvalue weighted by Crippen LogP contribution is 2.22. The molecule has 0 atom stereocenters. The standard InChI is InChI=1S/C13H16N2O/c1-10-3-4-12-11(9-10)13(5-7-15-12)14-6-2-8-16/h3-5,7,9,16H,2,6,8H2,1H3,(H,14,15). The molecule has 1 heterocycles. The first-order valence-electron chi connectivity index (χ1n) is 5.51. The van der Waals surface area contributed by atoms with E-state index in [0.29, 0.717) is 0 Å². The van der Waals surface area contributed by atoms with Crippen molar-refractivity contribution < 1.29 is 5.11 Å². The van der Waals surface area contributed by atoms with Gasteiger partial charge < -0.3 is 10.4 Å². The third-order valence-corrected chi connectivity index (χ3v) is 2.55. The number of fused-ring (bicyclic) bond motifs is 1. The van der Waals surface area contributed by atoms with Crippen molar-refractivity contribution in [1.82, 2.24) is 4.98 Å². The first-order valence-corrected chi connectivity index (χ1v) is 5.51. The van der Waals surface area contributed by atoms with Crippen molar-refractivity contribution >= 4 is 16.6 Å². The molecule has 3 heteroatoms. The summed E-state index contributed by atoms with van der Waals surface area (Å²) in [5.41, 5.74) is 3.31. The third kappa shape index (κ3) is 2.31. The number of aliphatic hydroxyl groups is 1. The summed E-state index contributed by atoms with van der Waals surface area (Å²) in [6.45, 7) is 3.07. The molecule has 2 N–H and O–H groups in total. The highest BCUT2D eigenvalue weighted by molar-refractivity contribution is 5.91. The van der Waals surface area contributed by atoms with Crippen LogP contribution in [0.15, 0.2) is 30.5 Å². The van der Waals surface area contributed by atoms with Gasteiger partial charge in [0.1, 0.15) is 0 Å². The number of nitrogens with zero attached hydrogens (tertiary/aromatic N) is 1. The summed E-state index contributed by atoms with van der Waals surface area (Å²) < 4.78 is 0. The largest absolute Gasteiger partial charge is 0.396 e. The van der Waals surface area contributed by atoms with E-state index in [1.54, 1.807) is 6.20 Å². The first-order chi connectivity index (χ1) is 7.81. The van der Waals surface area contributed by atoms with E-state index in [0.717, 1.165) is 29.6 Å². The molecule has 1 aromatic heterocycles. The molecule has 1 aromatic carbocycles. The summed E-state index contributed by atoms with van der Waals surface area (Å²) in [7, 11) is 0. The Bertz CT molecular complexity index is 482. The number of aryl methyl sites for hydroxylation is 1. The topological polar surface area (TPSA) is 45.2 Å². The zero-order valence-corrected chi connectivity index (χ0v) is 9.40. The highest BCUT2D eigenvalue weighted by Gasteiger charge is 2.01. The van der Waals surface area contributed by atoms with Gasteiger partial charge in [-0.1, -0.05) is 11.6 Å². The van der Waals surface area contributed by atoms with Gasteiger partial charge in [-0.3, -0.25) is 4.98 Å². The van der Waals surface area contributed by atoms with E-state index < -0.39 is 0 Å². The zero-order valence-electron chi connectivity index (χ0n) is 9.40. The molecule has 0 spiro atoms. The maximum Gasteiger partial charge on any atom is 0.0722 e. The summed E-state index contributed by atoms with van der Waals surface area (Å²) in [5, 5.41) is 13.2. The van der Waals surface area contributed by atoms with E-state index >= 15 is 0 Å². The fourth-order valence-electron chi connectivity index (χ4n) is 1.72. The molecule has 0 aliphatic rings. The van der Waals surface area contributed by atoms with E-state index in [1.165, 1.54) is 5.56 Å². The van der Waals surface area contributed by atoms with Gasteiger partial charge in [0.05, 0.1) is 5.52 Å². The first kappa shape index (κ1) is 10.9. The molecule has 0 saturated carbocycles. The van der Waals surface area contributed by atoms with Gasteiger partial charge in [-0.25, -0.2) is 0 Å². The van der Waals surface area contributed by atoms with Crippen LogP contribution in [0.5, 0.6) is 0 Å². The molecular weight excluding hydrogens is 200 g/mol. The second-order valence-electron chi connectivity index (χ2n) is 3.88. The van der Waals surface area contributed by atoms with Crippen LogP contribution in [0, 0.1) is 6.92 Å². The molecule has 0 amide bonds. The van der Waals surface area contributed by atoms with Crippen molar-refractivity contribution in [2.75, 3.05) is 18.5 Å². The molecule has 0 bridgehead atoms. The molecule has 0 aliphatic heterocycles. The monoisotopic (exact) mass is 216 g/mol. The van der Waals surface area contributed by atoms with Gasteiger partial charge in [0.2, 0.25) is 0 Å². The fourth-order valence-corrected chi connectivity index (χ4v) is 1.72. The predicted octanol–water partition coefficient (Wildman–Crippen LogP) is 2.34. The summed E-state index contributed by atoms with van der Waals surface area (Å²) in [5.74, 6) is 0. The van der Waals surface area contributed by atoms with Crippen LogP contribution in [-0.2, 0) is 0 Å². The molecule has 0 aliphatic carbocycles. The minimum absolute atomic E-state index is 0.217. The number of hydrogen-bond donors (Lipinski definition) is 2. The number of aromatic nitrogens is 1. The molecule has 0 radical (unpaired) electrons. The van der Waals surface area contributed by atoms with Crippen LogP contribution in [0.3, 0.4) is 0 Å². The van der Waals surface area contributed by atoms with Gasteiger partial charge in [-0.15, -0.1) is 0 Å². The number of hydrogen-bond acceptors (Lipinski definition) is 3. The lowest BCUT2D eigenvalue weighted by atomic mass is 10.1. The zero-order chi connectivity index (χ0) is 11.4. The number of benzene rings is 1. The number of anilines is 1. The summed E-state index contributed by atoms with van der Waals surface area (Å²) >= 11 is 0. The smallest absolute Gasteiger partial charge is 0.0722 e. The van der Waals surface area contributed by atoms with Gasteiger partial charge in [-0.05, 0) is 31.5 Å². The Balaban J connectivity index is 2.32. The van der Waals surface area contributed by atoms with Gasteiger partial charge in [0.15, 0.2) is 0 Å². The van der Waals surface area contributed by atoms with Crippen molar-refractivity contribution in [2.24, 2.45) is 0 Å². The molecule has 84 valence electrons. The second kappa shape index (κ2) is 4.94. The van der Waals surface area contributed by atoms with Gasteiger partial charge in [0, 0.05) is 30.4 Å². The number of pyridine rings is 1. The van der Waals surface area contributed by atoms with E-state index in [-0.39, 0.29) is 6.61 Å². The Labute approximate surface area is 95.1 Å². The minimum Gasteiger partial charge on any atom is -0.396 e. The van der Waals surface area contributed by atoms with Crippen molar-refractivity contribution in [3.63, 3.8) is 0 Å². The van der Waals surface area contributed by atoms with Crippen LogP contribution in [0.2, 0.25) is 0 Å². The molecule has 0 fully saturated rings. The molecular formula is C13H16N2O. The van der Waals surface area contributed by atoms with Crippen molar-refractivity contribution in [3.8, 4) is 0 Å². The molecule has 3 nitrogen and oxygen atoms in total. The highest BCUT2D eigenvalue weighted by atomic mass is 16.3. The maximum atomic E-state index is 8.75. The Hall–Kier alpha value is -1.61. The number of nitrogens with one attached hydrogen (secondary N) is 1. The Morgan fingerprint density at radius 2 is 2.19 bits per heavy atom. The molecule has 16 heavy (non-hydrogen) atoms. The van der Waals surface area contributed by atoms with E-state index in [1.807, 2.05) is 12.1 Å². The predicted molar refractivity (Wildman–Crippen MR) is 66.7 cm³/mol. The van der Waals surface area contributed by atoms with Gasteiger partial charge in [-0.2, -0.15) is 0 Å². The number of rotatable bonds is 4. The van der Waals surface area contributed by atoms with E-state index in [9.17, 15) is 0 Å². The van der Waals surface area contributed by atoms with Gasteiger partial charge >= 0.3 is 0 Å². The van der Waals surface area contributed by atoms with Crippen molar-refractivity contribution in [3.05, 3.63) is 36.0 Å².